The van der Waals surface area contributed by atoms with Gasteiger partial charge in [-0.3, -0.25) is 9.78 Å². The average Bonchev–Trinajstić information content (AvgIpc) is 2.73. The van der Waals surface area contributed by atoms with Crippen molar-refractivity contribution in [2.75, 3.05) is 13.1 Å². The number of aromatic nitrogens is 1. The number of piperidine rings is 1. The summed E-state index contributed by atoms with van der Waals surface area (Å²) in [4.78, 5) is 16.8. The molecule has 6 nitrogen and oxygen atoms in total. The lowest BCUT2D eigenvalue weighted by molar-refractivity contribution is -0.126. The molecule has 8 heteroatoms. The number of halogens is 1. The quantitative estimate of drug-likeness (QED) is 0.707. The first-order valence-electron chi connectivity index (χ1n) is 9.38. The summed E-state index contributed by atoms with van der Waals surface area (Å²) >= 11 is 3.42. The third-order valence-corrected chi connectivity index (χ3v) is 7.50. The summed E-state index contributed by atoms with van der Waals surface area (Å²) in [6, 6.07) is 11.0. The molecule has 0 saturated carbocycles. The van der Waals surface area contributed by atoms with Gasteiger partial charge in [-0.05, 0) is 49.1 Å². The highest BCUT2D eigenvalue weighted by atomic mass is 79.9. The molecule has 1 unspecified atom stereocenters. The molecule has 1 aromatic carbocycles. The third kappa shape index (κ3) is 4.79. The molecule has 1 aliphatic heterocycles. The van der Waals surface area contributed by atoms with E-state index in [9.17, 15) is 13.2 Å². The van der Waals surface area contributed by atoms with E-state index >= 15 is 0 Å². The van der Waals surface area contributed by atoms with Crippen molar-refractivity contribution in [3.05, 3.63) is 58.8 Å². The molecular formula is C20H24BrN3O3S. The van der Waals surface area contributed by atoms with Gasteiger partial charge in [-0.1, -0.05) is 35.0 Å². The van der Waals surface area contributed by atoms with Gasteiger partial charge in [-0.15, -0.1) is 0 Å². The van der Waals surface area contributed by atoms with Crippen LogP contribution in [0.5, 0.6) is 0 Å². The van der Waals surface area contributed by atoms with Crippen LogP contribution in [-0.2, 0) is 14.8 Å². The predicted molar refractivity (Wildman–Crippen MR) is 111 cm³/mol. The first-order chi connectivity index (χ1) is 13.4. The molecule has 1 fully saturated rings. The summed E-state index contributed by atoms with van der Waals surface area (Å²) in [6.45, 7) is 2.71. The van der Waals surface area contributed by atoms with Gasteiger partial charge in [0, 0.05) is 35.9 Å². The summed E-state index contributed by atoms with van der Waals surface area (Å²) in [7, 11) is -3.55. The van der Waals surface area contributed by atoms with E-state index in [1.807, 2.05) is 31.2 Å². The molecule has 1 atom stereocenters. The fourth-order valence-electron chi connectivity index (χ4n) is 3.41. The van der Waals surface area contributed by atoms with Crippen LogP contribution < -0.4 is 5.32 Å². The molecular weight excluding hydrogens is 442 g/mol. The van der Waals surface area contributed by atoms with Crippen LogP contribution in [0, 0.1) is 5.92 Å². The number of hydrogen-bond acceptors (Lipinski definition) is 4. The van der Waals surface area contributed by atoms with E-state index in [0.29, 0.717) is 25.9 Å². The normalized spacial score (nSPS) is 17.2. The fraction of sp³-hybridized carbons (Fsp3) is 0.400. The topological polar surface area (TPSA) is 79.4 Å². The zero-order chi connectivity index (χ0) is 20.1. The minimum absolute atomic E-state index is 0.00630. The van der Waals surface area contributed by atoms with E-state index < -0.39 is 10.0 Å². The summed E-state index contributed by atoms with van der Waals surface area (Å²) < 4.78 is 27.8. The van der Waals surface area contributed by atoms with Crippen LogP contribution in [0.15, 0.2) is 58.2 Å². The Hall–Kier alpha value is -1.77. The van der Waals surface area contributed by atoms with Crippen molar-refractivity contribution in [2.24, 2.45) is 5.92 Å². The number of nitrogens with one attached hydrogen (secondary N) is 1. The van der Waals surface area contributed by atoms with Crippen LogP contribution in [-0.4, -0.2) is 36.7 Å². The highest BCUT2D eigenvalue weighted by molar-refractivity contribution is 9.10. The van der Waals surface area contributed by atoms with Crippen LogP contribution in [0.2, 0.25) is 0 Å². The maximum absolute atomic E-state index is 12.7. The lowest BCUT2D eigenvalue weighted by Gasteiger charge is -2.31. The van der Waals surface area contributed by atoms with Crippen molar-refractivity contribution < 1.29 is 13.2 Å². The van der Waals surface area contributed by atoms with Gasteiger partial charge in [0.25, 0.3) is 0 Å². The van der Waals surface area contributed by atoms with Gasteiger partial charge in [0.2, 0.25) is 15.9 Å². The van der Waals surface area contributed by atoms with Gasteiger partial charge < -0.3 is 5.32 Å². The summed E-state index contributed by atoms with van der Waals surface area (Å²) in [5.41, 5.74) is 1.07. The van der Waals surface area contributed by atoms with Crippen LogP contribution in [0.3, 0.4) is 0 Å². The van der Waals surface area contributed by atoms with Gasteiger partial charge >= 0.3 is 0 Å². The Balaban J connectivity index is 1.59. The Morgan fingerprint density at radius 3 is 2.50 bits per heavy atom. The summed E-state index contributed by atoms with van der Waals surface area (Å²) in [5.74, 6) is -0.182. The SMILES string of the molecule is CCC(NC(=O)C1CCN(S(=O)(=O)c2cccnc2)CC1)c1ccc(Br)cc1. The zero-order valence-electron chi connectivity index (χ0n) is 15.7. The van der Waals surface area contributed by atoms with Crippen molar-refractivity contribution in [2.45, 2.75) is 37.1 Å². The van der Waals surface area contributed by atoms with Crippen LogP contribution in [0.1, 0.15) is 37.8 Å². The second-order valence-corrected chi connectivity index (χ2v) is 9.74. The Morgan fingerprint density at radius 1 is 1.25 bits per heavy atom. The smallest absolute Gasteiger partial charge is 0.244 e. The summed E-state index contributed by atoms with van der Waals surface area (Å²) in [5, 5.41) is 3.13. The minimum Gasteiger partial charge on any atom is -0.349 e. The molecule has 1 saturated heterocycles. The Kier molecular flexibility index (Phi) is 6.85. The van der Waals surface area contributed by atoms with Crippen molar-refractivity contribution in [3.8, 4) is 0 Å². The van der Waals surface area contributed by atoms with Gasteiger partial charge in [0.05, 0.1) is 6.04 Å². The zero-order valence-corrected chi connectivity index (χ0v) is 18.1. The molecule has 150 valence electrons. The average molecular weight is 466 g/mol. The maximum atomic E-state index is 12.7. The Morgan fingerprint density at radius 2 is 1.93 bits per heavy atom. The van der Waals surface area contributed by atoms with E-state index in [2.05, 4.69) is 26.2 Å². The molecule has 3 rings (SSSR count). The number of pyridine rings is 1. The number of sulfonamides is 1. The van der Waals surface area contributed by atoms with E-state index in [-0.39, 0.29) is 22.8 Å². The molecule has 0 spiro atoms. The molecule has 1 amide bonds. The van der Waals surface area contributed by atoms with Gasteiger partial charge in [-0.25, -0.2) is 8.42 Å². The maximum Gasteiger partial charge on any atom is 0.244 e. The minimum atomic E-state index is -3.55. The lowest BCUT2D eigenvalue weighted by atomic mass is 9.96. The third-order valence-electron chi connectivity index (χ3n) is 5.09. The fourth-order valence-corrected chi connectivity index (χ4v) is 5.11. The number of hydrogen-bond donors (Lipinski definition) is 1. The largest absolute Gasteiger partial charge is 0.349 e. The van der Waals surface area contributed by atoms with Gasteiger partial charge in [0.1, 0.15) is 4.90 Å². The first kappa shape index (κ1) is 21.0. The Labute approximate surface area is 174 Å². The molecule has 2 heterocycles. The molecule has 0 aliphatic carbocycles. The molecule has 1 aliphatic rings. The van der Waals surface area contributed by atoms with Gasteiger partial charge in [0.15, 0.2) is 0 Å². The summed E-state index contributed by atoms with van der Waals surface area (Å²) in [6.07, 6.45) is 4.73. The molecule has 28 heavy (non-hydrogen) atoms. The molecule has 2 aromatic rings. The van der Waals surface area contributed by atoms with Crippen molar-refractivity contribution in [3.63, 3.8) is 0 Å². The van der Waals surface area contributed by atoms with E-state index in [4.69, 9.17) is 0 Å². The van der Waals surface area contributed by atoms with E-state index in [0.717, 1.165) is 16.5 Å². The molecule has 0 radical (unpaired) electrons. The van der Waals surface area contributed by atoms with Gasteiger partial charge in [-0.2, -0.15) is 4.31 Å². The number of carbonyl (C=O) groups is 1. The van der Waals surface area contributed by atoms with Crippen LogP contribution in [0.25, 0.3) is 0 Å². The van der Waals surface area contributed by atoms with E-state index in [1.165, 1.54) is 10.5 Å². The molecule has 1 aromatic heterocycles. The van der Waals surface area contributed by atoms with Crippen molar-refractivity contribution in [1.82, 2.24) is 14.6 Å². The van der Waals surface area contributed by atoms with Crippen LogP contribution >= 0.6 is 15.9 Å². The molecule has 0 bridgehead atoms. The van der Waals surface area contributed by atoms with E-state index in [1.54, 1.807) is 18.3 Å². The van der Waals surface area contributed by atoms with Crippen molar-refractivity contribution in [1.29, 1.82) is 0 Å². The number of rotatable bonds is 6. The number of nitrogens with zero attached hydrogens (tertiary/aromatic N) is 2. The second kappa shape index (κ2) is 9.15. The number of carbonyl (C=O) groups excluding carboxylic acids is 1. The standard InChI is InChI=1S/C20H24BrN3O3S/c1-2-19(15-5-7-17(21)8-6-15)23-20(25)16-9-12-24(13-10-16)28(26,27)18-4-3-11-22-14-18/h3-8,11,14,16,19H,2,9-10,12-13H2,1H3,(H,23,25). The Bertz CT molecular complexity index is 896. The monoisotopic (exact) mass is 465 g/mol. The van der Waals surface area contributed by atoms with Crippen molar-refractivity contribution >= 4 is 31.9 Å². The molecule has 1 N–H and O–H groups in total. The second-order valence-electron chi connectivity index (χ2n) is 6.89. The number of benzene rings is 1. The lowest BCUT2D eigenvalue weighted by Crippen LogP contribution is -2.43. The highest BCUT2D eigenvalue weighted by Gasteiger charge is 2.32. The number of amides is 1. The predicted octanol–water partition coefficient (Wildman–Crippen LogP) is 3.51. The highest BCUT2D eigenvalue weighted by Crippen LogP contribution is 2.25. The van der Waals surface area contributed by atoms with Crippen LogP contribution in [0.4, 0.5) is 0 Å². The first-order valence-corrected chi connectivity index (χ1v) is 11.6.